The van der Waals surface area contributed by atoms with Crippen LogP contribution in [0.15, 0.2) is 17.1 Å². The van der Waals surface area contributed by atoms with Crippen LogP contribution in [-0.4, -0.2) is 47.6 Å². The summed E-state index contributed by atoms with van der Waals surface area (Å²) in [4.78, 5) is 12.9. The maximum Gasteiger partial charge on any atom is 0.436 e. The van der Waals surface area contributed by atoms with Crippen molar-refractivity contribution < 1.29 is 57.5 Å². The van der Waals surface area contributed by atoms with Crippen LogP contribution < -0.4 is 10.6 Å². The van der Waals surface area contributed by atoms with E-state index < -0.39 is 53.0 Å². The molecule has 1 aliphatic rings. The number of alkyl halides is 12. The minimum Gasteiger partial charge on any atom is -0.309 e. The van der Waals surface area contributed by atoms with E-state index in [-0.39, 0.29) is 6.08 Å². The Labute approximate surface area is 141 Å². The molecule has 4 nitrogen and oxygen atoms in total. The van der Waals surface area contributed by atoms with Crippen LogP contribution in [0.5, 0.6) is 0 Å². The molecule has 0 fully saturated rings. The molecule has 0 saturated carbocycles. The van der Waals surface area contributed by atoms with Gasteiger partial charge in [-0.3, -0.25) is 4.79 Å². The number of amidine groups is 1. The van der Waals surface area contributed by atoms with Crippen molar-refractivity contribution in [2.45, 2.75) is 42.8 Å². The average Bonchev–Trinajstić information content (AvgIpc) is 2.74. The fourth-order valence-electron chi connectivity index (χ4n) is 2.04. The van der Waals surface area contributed by atoms with E-state index in [1.807, 2.05) is 0 Å². The number of allylic oxidation sites excluding steroid dienone is 1. The number of carbonyl (C=O) groups excluding carboxylic acids is 1. The molecule has 0 aromatic heterocycles. The third kappa shape index (κ3) is 3.45. The summed E-state index contributed by atoms with van der Waals surface area (Å²) in [7, 11) is 0. The van der Waals surface area contributed by atoms with Crippen LogP contribution in [-0.2, 0) is 4.79 Å². The smallest absolute Gasteiger partial charge is 0.309 e. The molecule has 27 heavy (non-hydrogen) atoms. The van der Waals surface area contributed by atoms with Gasteiger partial charge in [0.15, 0.2) is 0 Å². The lowest BCUT2D eigenvalue weighted by Gasteiger charge is -2.39. The van der Waals surface area contributed by atoms with E-state index in [0.29, 0.717) is 5.32 Å². The van der Waals surface area contributed by atoms with Gasteiger partial charge in [0.25, 0.3) is 5.54 Å². The number of hydrogen-bond acceptors (Lipinski definition) is 3. The summed E-state index contributed by atoms with van der Waals surface area (Å²) in [5.74, 6) is -4.81. The van der Waals surface area contributed by atoms with Crippen molar-refractivity contribution in [2.24, 2.45) is 4.99 Å². The average molecular weight is 425 g/mol. The summed E-state index contributed by atoms with van der Waals surface area (Å²) in [5.41, 5.74) is -11.9. The monoisotopic (exact) mass is 425 g/mol. The topological polar surface area (TPSA) is 53.5 Å². The zero-order valence-corrected chi connectivity index (χ0v) is 12.5. The van der Waals surface area contributed by atoms with Crippen LogP contribution in [0.2, 0.25) is 0 Å². The molecular formula is C11H7F12N3O. The molecule has 1 heterocycles. The Morgan fingerprint density at radius 2 is 1.30 bits per heavy atom. The third-order valence-corrected chi connectivity index (χ3v) is 3.23. The fourth-order valence-corrected chi connectivity index (χ4v) is 2.04. The zero-order valence-electron chi connectivity index (χ0n) is 12.5. The third-order valence-electron chi connectivity index (χ3n) is 3.23. The summed E-state index contributed by atoms with van der Waals surface area (Å²) < 4.78 is 157. The number of aliphatic imine (C=N–C) groups is 1. The Balaban J connectivity index is 3.90. The molecule has 0 unspecified atom stereocenters. The predicted octanol–water partition coefficient (Wildman–Crippen LogP) is 3.36. The molecule has 0 radical (unpaired) electrons. The lowest BCUT2D eigenvalue weighted by atomic mass is 9.95. The van der Waals surface area contributed by atoms with Gasteiger partial charge in [-0.25, -0.2) is 10.3 Å². The van der Waals surface area contributed by atoms with E-state index in [4.69, 9.17) is 0 Å². The fraction of sp³-hybridized carbons (Fsp3) is 0.636. The predicted molar refractivity (Wildman–Crippen MR) is 63.2 cm³/mol. The van der Waals surface area contributed by atoms with Crippen molar-refractivity contribution in [1.82, 2.24) is 10.6 Å². The second kappa shape index (κ2) is 6.27. The highest BCUT2D eigenvalue weighted by molar-refractivity contribution is 6.09. The minimum atomic E-state index is -6.80. The van der Waals surface area contributed by atoms with Gasteiger partial charge in [-0.05, 0) is 13.0 Å². The Kier molecular flexibility index (Phi) is 5.35. The molecule has 0 atom stereocenters. The SMILES string of the molecule is CC=CC(=O)NC1=NC(C(F)(F)F)(C(F)(F)F)NC1(C(F)(F)F)C(F)(F)F. The lowest BCUT2D eigenvalue weighted by molar-refractivity contribution is -0.333. The summed E-state index contributed by atoms with van der Waals surface area (Å²) in [5, 5.41) is 0.237. The summed E-state index contributed by atoms with van der Waals surface area (Å²) in [6, 6.07) is 0. The van der Waals surface area contributed by atoms with E-state index >= 15 is 0 Å². The number of nitrogens with zero attached hydrogens (tertiary/aromatic N) is 1. The second-order valence-electron chi connectivity index (χ2n) is 5.03. The van der Waals surface area contributed by atoms with Crippen LogP contribution in [0.4, 0.5) is 52.7 Å². The van der Waals surface area contributed by atoms with E-state index in [1.54, 1.807) is 4.99 Å². The number of halogens is 12. The number of hydrogen-bond donors (Lipinski definition) is 2. The molecular weight excluding hydrogens is 418 g/mol. The standard InChI is InChI=1S/C11H7F12N3O/c1-2-3-4(27)24-5-6(8(12,13)14,9(15,16)17)26-7(25-5,10(18,19)20)11(21,22)23/h2-3,26H,1H3,(H,24,25,27). The Morgan fingerprint density at radius 1 is 0.889 bits per heavy atom. The number of amides is 1. The highest BCUT2D eigenvalue weighted by Crippen LogP contribution is 2.54. The molecule has 1 amide bonds. The van der Waals surface area contributed by atoms with Crippen LogP contribution in [0.25, 0.3) is 0 Å². The van der Waals surface area contributed by atoms with Crippen LogP contribution in [0.3, 0.4) is 0 Å². The van der Waals surface area contributed by atoms with E-state index in [1.165, 1.54) is 0 Å². The summed E-state index contributed by atoms with van der Waals surface area (Å²) in [6.45, 7) is 1.05. The second-order valence-corrected chi connectivity index (χ2v) is 5.03. The first-order chi connectivity index (χ1) is 11.8. The van der Waals surface area contributed by atoms with E-state index in [0.717, 1.165) is 13.0 Å². The van der Waals surface area contributed by atoms with E-state index in [2.05, 4.69) is 0 Å². The van der Waals surface area contributed by atoms with Gasteiger partial charge in [-0.1, -0.05) is 6.08 Å². The largest absolute Gasteiger partial charge is 0.436 e. The van der Waals surface area contributed by atoms with Gasteiger partial charge >= 0.3 is 30.4 Å². The van der Waals surface area contributed by atoms with Crippen molar-refractivity contribution in [2.75, 3.05) is 0 Å². The minimum absolute atomic E-state index is 0.265. The van der Waals surface area contributed by atoms with Gasteiger partial charge in [0.05, 0.1) is 0 Å². The van der Waals surface area contributed by atoms with Gasteiger partial charge in [0.1, 0.15) is 5.84 Å². The molecule has 1 aliphatic heterocycles. The van der Waals surface area contributed by atoms with Gasteiger partial charge in [-0.2, -0.15) is 52.7 Å². The van der Waals surface area contributed by atoms with Crippen molar-refractivity contribution in [3.63, 3.8) is 0 Å². The van der Waals surface area contributed by atoms with Gasteiger partial charge in [0.2, 0.25) is 5.91 Å². The van der Waals surface area contributed by atoms with Crippen LogP contribution >= 0.6 is 0 Å². The first-order valence-corrected chi connectivity index (χ1v) is 6.37. The first-order valence-electron chi connectivity index (χ1n) is 6.37. The molecule has 0 saturated heterocycles. The van der Waals surface area contributed by atoms with Crippen LogP contribution in [0, 0.1) is 0 Å². The Morgan fingerprint density at radius 3 is 1.59 bits per heavy atom. The normalized spacial score (nSPS) is 20.7. The molecule has 0 spiro atoms. The van der Waals surface area contributed by atoms with Gasteiger partial charge in [0, 0.05) is 0 Å². The Hall–Kier alpha value is -2.00. The maximum absolute atomic E-state index is 13.2. The quantitative estimate of drug-likeness (QED) is 0.500. The molecule has 156 valence electrons. The number of nitrogens with one attached hydrogen (secondary N) is 2. The van der Waals surface area contributed by atoms with Crippen molar-refractivity contribution in [1.29, 1.82) is 0 Å². The molecule has 16 heteroatoms. The lowest BCUT2D eigenvalue weighted by Crippen LogP contribution is -2.77. The van der Waals surface area contributed by atoms with Gasteiger partial charge < -0.3 is 5.32 Å². The maximum atomic E-state index is 13.2. The highest BCUT2D eigenvalue weighted by atomic mass is 19.4. The zero-order chi connectivity index (χ0) is 21.7. The Bertz CT molecular complexity index is 623. The van der Waals surface area contributed by atoms with Crippen LogP contribution in [0.1, 0.15) is 6.92 Å². The number of rotatable bonds is 1. The van der Waals surface area contributed by atoms with Crippen molar-refractivity contribution in [3.8, 4) is 0 Å². The first kappa shape index (κ1) is 23.0. The van der Waals surface area contributed by atoms with Crippen molar-refractivity contribution in [3.05, 3.63) is 12.2 Å². The molecule has 0 bridgehead atoms. The summed E-state index contributed by atoms with van der Waals surface area (Å²) in [6.07, 6.45) is -26.1. The summed E-state index contributed by atoms with van der Waals surface area (Å²) >= 11 is 0. The van der Waals surface area contributed by atoms with E-state index in [9.17, 15) is 57.5 Å². The molecule has 1 rings (SSSR count). The van der Waals surface area contributed by atoms with Crippen molar-refractivity contribution >= 4 is 11.7 Å². The number of carbonyl (C=O) groups is 1. The molecule has 2 N–H and O–H groups in total. The molecule has 0 aromatic carbocycles. The highest BCUT2D eigenvalue weighted by Gasteiger charge is 2.86. The van der Waals surface area contributed by atoms with Gasteiger partial charge in [-0.15, -0.1) is 0 Å². The molecule has 0 aliphatic carbocycles. The molecule has 0 aromatic rings.